The van der Waals surface area contributed by atoms with Gasteiger partial charge in [0, 0.05) is 25.1 Å². The van der Waals surface area contributed by atoms with Gasteiger partial charge in [-0.05, 0) is 57.4 Å². The van der Waals surface area contributed by atoms with Crippen molar-refractivity contribution in [1.82, 2.24) is 9.88 Å². The van der Waals surface area contributed by atoms with Crippen molar-refractivity contribution < 1.29 is 14.3 Å². The Balaban J connectivity index is 1.75. The van der Waals surface area contributed by atoms with Crippen LogP contribution in [-0.2, 0) is 4.74 Å². The number of amides is 1. The lowest BCUT2D eigenvalue weighted by molar-refractivity contribution is 0.0102. The van der Waals surface area contributed by atoms with Crippen LogP contribution < -0.4 is 4.74 Å². The van der Waals surface area contributed by atoms with Crippen molar-refractivity contribution in [3.8, 4) is 11.9 Å². The van der Waals surface area contributed by atoms with E-state index in [1.54, 1.807) is 35.2 Å². The second kappa shape index (κ2) is 9.36. The van der Waals surface area contributed by atoms with Crippen molar-refractivity contribution in [2.24, 2.45) is 5.92 Å². The Bertz CT molecular complexity index is 911. The molecule has 1 atom stereocenters. The molecule has 7 heteroatoms. The monoisotopic (exact) mass is 427 g/mol. The fourth-order valence-electron chi connectivity index (χ4n) is 3.48. The summed E-state index contributed by atoms with van der Waals surface area (Å²) in [7, 11) is 0. The van der Waals surface area contributed by atoms with Gasteiger partial charge in [0.2, 0.25) is 5.88 Å². The lowest BCUT2D eigenvalue weighted by atomic mass is 9.87. The molecule has 1 amide bonds. The molecule has 1 aliphatic heterocycles. The lowest BCUT2D eigenvalue weighted by Crippen LogP contribution is -2.43. The number of aromatic nitrogens is 1. The first-order valence-corrected chi connectivity index (χ1v) is 10.4. The molecule has 0 radical (unpaired) electrons. The maximum Gasteiger partial charge on any atom is 0.410 e. The van der Waals surface area contributed by atoms with Gasteiger partial charge in [0.25, 0.3) is 0 Å². The number of carbonyl (C=O) groups is 1. The number of benzene rings is 1. The maximum absolute atomic E-state index is 12.4. The van der Waals surface area contributed by atoms with Crippen molar-refractivity contribution in [1.29, 1.82) is 5.26 Å². The second-order valence-corrected chi connectivity index (χ2v) is 8.76. The molecule has 0 N–H and O–H groups in total. The molecule has 158 valence electrons. The first-order valence-electron chi connectivity index (χ1n) is 10.0. The van der Waals surface area contributed by atoms with E-state index in [4.69, 9.17) is 26.3 Å². The van der Waals surface area contributed by atoms with Gasteiger partial charge in [-0.1, -0.05) is 29.8 Å². The molecule has 0 aliphatic carbocycles. The number of piperidine rings is 1. The molecule has 6 nitrogen and oxygen atoms in total. The molecule has 2 aromatic rings. The summed E-state index contributed by atoms with van der Waals surface area (Å²) in [6, 6.07) is 14.8. The highest BCUT2D eigenvalue weighted by molar-refractivity contribution is 6.29. The smallest absolute Gasteiger partial charge is 0.410 e. The van der Waals surface area contributed by atoms with Gasteiger partial charge in [0.1, 0.15) is 16.9 Å². The molecule has 1 aromatic heterocycles. The minimum absolute atomic E-state index is 0.178. The molecular formula is C23H26ClN3O3. The van der Waals surface area contributed by atoms with Crippen LogP contribution in [0.25, 0.3) is 0 Å². The van der Waals surface area contributed by atoms with E-state index in [2.05, 4.69) is 11.1 Å². The van der Waals surface area contributed by atoms with E-state index in [0.29, 0.717) is 29.7 Å². The van der Waals surface area contributed by atoms with Crippen molar-refractivity contribution in [2.75, 3.05) is 13.1 Å². The van der Waals surface area contributed by atoms with Crippen molar-refractivity contribution in [3.05, 3.63) is 58.7 Å². The van der Waals surface area contributed by atoms with E-state index < -0.39 is 5.60 Å². The Kier molecular flexibility index (Phi) is 6.84. The molecule has 0 spiro atoms. The molecule has 3 rings (SSSR count). The number of halogens is 1. The summed E-state index contributed by atoms with van der Waals surface area (Å²) in [5.41, 5.74) is 1.05. The topological polar surface area (TPSA) is 75.4 Å². The zero-order chi connectivity index (χ0) is 21.7. The number of pyridine rings is 1. The maximum atomic E-state index is 12.4. The van der Waals surface area contributed by atoms with Crippen LogP contribution in [0.2, 0.25) is 5.15 Å². The molecule has 1 unspecified atom stereocenters. The van der Waals surface area contributed by atoms with E-state index in [-0.39, 0.29) is 18.1 Å². The lowest BCUT2D eigenvalue weighted by Gasteiger charge is -2.36. The van der Waals surface area contributed by atoms with E-state index in [1.165, 1.54) is 0 Å². The average Bonchev–Trinajstić information content (AvgIpc) is 2.71. The predicted molar refractivity (Wildman–Crippen MR) is 114 cm³/mol. The Labute approximate surface area is 182 Å². The largest absolute Gasteiger partial charge is 0.469 e. The summed E-state index contributed by atoms with van der Waals surface area (Å²) >= 11 is 6.02. The highest BCUT2D eigenvalue weighted by Crippen LogP contribution is 2.35. The van der Waals surface area contributed by atoms with E-state index in [0.717, 1.165) is 18.4 Å². The summed E-state index contributed by atoms with van der Waals surface area (Å²) in [6.07, 6.45) is 0.993. The number of ether oxygens (including phenoxy) is 2. The third kappa shape index (κ3) is 5.87. The van der Waals surface area contributed by atoms with Crippen LogP contribution in [0.1, 0.15) is 50.8 Å². The van der Waals surface area contributed by atoms with E-state index >= 15 is 0 Å². The number of carbonyl (C=O) groups excluding carboxylic acids is 1. The molecular weight excluding hydrogens is 402 g/mol. The average molecular weight is 428 g/mol. The normalized spacial score (nSPS) is 15.9. The van der Waals surface area contributed by atoms with Crippen LogP contribution >= 0.6 is 11.6 Å². The molecule has 0 bridgehead atoms. The molecule has 1 aliphatic rings. The van der Waals surface area contributed by atoms with Crippen molar-refractivity contribution in [3.63, 3.8) is 0 Å². The molecule has 1 saturated heterocycles. The quantitative estimate of drug-likeness (QED) is 0.613. The standard InChI is InChI=1S/C23H26ClN3O3/c1-23(2,3)30-22(28)27-13-11-18(12-14-27)21(17-9-7-16(15-25)8-10-17)29-20-6-4-5-19(24)26-20/h4-10,18,21H,11-14H2,1-3H3. The van der Waals surface area contributed by atoms with Gasteiger partial charge in [0.15, 0.2) is 0 Å². The molecule has 1 aromatic carbocycles. The van der Waals surface area contributed by atoms with E-state index in [1.807, 2.05) is 32.9 Å². The summed E-state index contributed by atoms with van der Waals surface area (Å²) in [4.78, 5) is 18.4. The van der Waals surface area contributed by atoms with Crippen molar-refractivity contribution >= 4 is 17.7 Å². The van der Waals surface area contributed by atoms with Crippen LogP contribution in [0.5, 0.6) is 5.88 Å². The fourth-order valence-corrected chi connectivity index (χ4v) is 3.64. The van der Waals surface area contributed by atoms with E-state index in [9.17, 15) is 4.79 Å². The highest BCUT2D eigenvalue weighted by Gasteiger charge is 2.32. The van der Waals surface area contributed by atoms with Gasteiger partial charge < -0.3 is 14.4 Å². The third-order valence-corrected chi connectivity index (χ3v) is 5.14. The Morgan fingerprint density at radius 3 is 2.43 bits per heavy atom. The molecule has 0 saturated carbocycles. The number of likely N-dealkylation sites (tertiary alicyclic amines) is 1. The van der Waals surface area contributed by atoms with Crippen LogP contribution in [0.4, 0.5) is 4.79 Å². The third-order valence-electron chi connectivity index (χ3n) is 4.93. The number of hydrogen-bond acceptors (Lipinski definition) is 5. The minimum Gasteiger partial charge on any atom is -0.469 e. The zero-order valence-corrected chi connectivity index (χ0v) is 18.2. The van der Waals surface area contributed by atoms with Crippen LogP contribution in [0.3, 0.4) is 0 Å². The number of nitrogens with zero attached hydrogens (tertiary/aromatic N) is 3. The number of rotatable bonds is 4. The fraction of sp³-hybridized carbons (Fsp3) is 0.435. The van der Waals surface area contributed by atoms with Gasteiger partial charge >= 0.3 is 6.09 Å². The predicted octanol–water partition coefficient (Wildman–Crippen LogP) is 5.37. The summed E-state index contributed by atoms with van der Waals surface area (Å²) in [5.74, 6) is 0.629. The first kappa shape index (κ1) is 21.9. The van der Waals surface area contributed by atoms with Crippen LogP contribution in [-0.4, -0.2) is 34.7 Å². The molecule has 2 heterocycles. The summed E-state index contributed by atoms with van der Waals surface area (Å²) in [5, 5.41) is 9.45. The van der Waals surface area contributed by atoms with Gasteiger partial charge in [-0.3, -0.25) is 0 Å². The number of hydrogen-bond donors (Lipinski definition) is 0. The van der Waals surface area contributed by atoms with Crippen LogP contribution in [0.15, 0.2) is 42.5 Å². The Hall–Kier alpha value is -2.78. The second-order valence-electron chi connectivity index (χ2n) is 8.38. The Morgan fingerprint density at radius 1 is 1.20 bits per heavy atom. The van der Waals surface area contributed by atoms with Gasteiger partial charge in [-0.2, -0.15) is 5.26 Å². The zero-order valence-electron chi connectivity index (χ0n) is 17.5. The van der Waals surface area contributed by atoms with Gasteiger partial charge in [-0.15, -0.1) is 0 Å². The Morgan fingerprint density at radius 2 is 1.87 bits per heavy atom. The van der Waals surface area contributed by atoms with Gasteiger partial charge in [0.05, 0.1) is 11.6 Å². The minimum atomic E-state index is -0.514. The first-order chi connectivity index (χ1) is 14.2. The molecule has 1 fully saturated rings. The van der Waals surface area contributed by atoms with Crippen LogP contribution in [0, 0.1) is 17.2 Å². The van der Waals surface area contributed by atoms with Gasteiger partial charge in [-0.25, -0.2) is 9.78 Å². The van der Waals surface area contributed by atoms with Crippen molar-refractivity contribution in [2.45, 2.75) is 45.3 Å². The highest BCUT2D eigenvalue weighted by atomic mass is 35.5. The SMILES string of the molecule is CC(C)(C)OC(=O)N1CCC(C(Oc2cccc(Cl)n2)c2ccc(C#N)cc2)CC1. The molecule has 30 heavy (non-hydrogen) atoms. The summed E-state index contributed by atoms with van der Waals surface area (Å²) < 4.78 is 11.7. The summed E-state index contributed by atoms with van der Waals surface area (Å²) in [6.45, 7) is 6.79. The number of nitriles is 1.